The lowest BCUT2D eigenvalue weighted by molar-refractivity contribution is 0.174. The van der Waals surface area contributed by atoms with Crippen molar-refractivity contribution < 1.29 is 0 Å². The highest BCUT2D eigenvalue weighted by Gasteiger charge is 2.17. The summed E-state index contributed by atoms with van der Waals surface area (Å²) in [4.78, 5) is 5.69. The van der Waals surface area contributed by atoms with Crippen LogP contribution in [0.25, 0.3) is 4.85 Å². The van der Waals surface area contributed by atoms with Crippen LogP contribution in [0.3, 0.4) is 0 Å². The number of aromatic nitrogens is 2. The molecule has 5 heteroatoms. The Labute approximate surface area is 103 Å². The second-order valence-electron chi connectivity index (χ2n) is 5.24. The smallest absolute Gasteiger partial charge is 0.250 e. The number of hydrogen-bond acceptors (Lipinski definition) is 3. The van der Waals surface area contributed by atoms with Crippen LogP contribution < -0.4 is 5.73 Å². The second-order valence-corrected chi connectivity index (χ2v) is 5.24. The molecule has 0 bridgehead atoms. The molecule has 0 saturated heterocycles. The van der Waals surface area contributed by atoms with Crippen LogP contribution in [0.4, 0.5) is 11.5 Å². The van der Waals surface area contributed by atoms with Crippen molar-refractivity contribution in [2.45, 2.75) is 39.2 Å². The van der Waals surface area contributed by atoms with Gasteiger partial charge in [0.15, 0.2) is 5.82 Å². The van der Waals surface area contributed by atoms with Crippen molar-refractivity contribution in [3.05, 3.63) is 17.1 Å². The van der Waals surface area contributed by atoms with E-state index in [0.717, 1.165) is 25.1 Å². The van der Waals surface area contributed by atoms with Crippen molar-refractivity contribution in [3.63, 3.8) is 0 Å². The van der Waals surface area contributed by atoms with Crippen LogP contribution in [0.15, 0.2) is 0 Å². The average molecular weight is 235 g/mol. The molecule has 3 N–H and O–H groups in total. The highest BCUT2D eigenvalue weighted by atomic mass is 15.2. The molecule has 0 amide bonds. The van der Waals surface area contributed by atoms with Gasteiger partial charge in [0.2, 0.25) is 5.69 Å². The number of anilines is 1. The quantitative estimate of drug-likeness (QED) is 0.786. The van der Waals surface area contributed by atoms with Crippen molar-refractivity contribution in [1.29, 1.82) is 0 Å². The van der Waals surface area contributed by atoms with Crippen LogP contribution in [0, 0.1) is 6.57 Å². The Balaban J connectivity index is 2.50. The summed E-state index contributed by atoms with van der Waals surface area (Å²) < 4.78 is 0. The van der Waals surface area contributed by atoms with Gasteiger partial charge in [-0.05, 0) is 47.2 Å². The Morgan fingerprint density at radius 1 is 1.47 bits per heavy atom. The van der Waals surface area contributed by atoms with E-state index in [1.165, 1.54) is 0 Å². The lowest BCUT2D eigenvalue weighted by Gasteiger charge is -2.31. The molecule has 0 aromatic carbocycles. The monoisotopic (exact) mass is 235 g/mol. The summed E-state index contributed by atoms with van der Waals surface area (Å²) in [6.07, 6.45) is 1.79. The molecule has 0 aliphatic carbocycles. The first-order valence-electron chi connectivity index (χ1n) is 5.77. The molecule has 1 heterocycles. The number of rotatable bonds is 4. The predicted octanol–water partition coefficient (Wildman–Crippen LogP) is 2.21. The van der Waals surface area contributed by atoms with Crippen LogP contribution in [-0.4, -0.2) is 34.2 Å². The fourth-order valence-electron chi connectivity index (χ4n) is 1.52. The van der Waals surface area contributed by atoms with Crippen molar-refractivity contribution in [1.82, 2.24) is 15.1 Å². The Morgan fingerprint density at radius 2 is 2.12 bits per heavy atom. The van der Waals surface area contributed by atoms with E-state index in [0.29, 0.717) is 11.5 Å². The summed E-state index contributed by atoms with van der Waals surface area (Å²) in [7, 11) is 2.11. The van der Waals surface area contributed by atoms with Crippen LogP contribution in [-0.2, 0) is 6.42 Å². The number of aryl methyl sites for hydroxylation is 1. The summed E-state index contributed by atoms with van der Waals surface area (Å²) in [5.41, 5.74) is 7.08. The van der Waals surface area contributed by atoms with Gasteiger partial charge in [-0.1, -0.05) is 0 Å². The zero-order valence-electron chi connectivity index (χ0n) is 11.0. The van der Waals surface area contributed by atoms with Gasteiger partial charge in [0.05, 0.1) is 6.57 Å². The van der Waals surface area contributed by atoms with Crippen molar-refractivity contribution in [3.8, 4) is 0 Å². The molecule has 0 aliphatic heterocycles. The van der Waals surface area contributed by atoms with Gasteiger partial charge in [0, 0.05) is 11.2 Å². The third-order valence-corrected chi connectivity index (χ3v) is 3.02. The molecule has 94 valence electrons. The van der Waals surface area contributed by atoms with Crippen LogP contribution in [0.2, 0.25) is 0 Å². The number of hydrogen-bond donors (Lipinski definition) is 2. The van der Waals surface area contributed by atoms with E-state index in [1.807, 2.05) is 0 Å². The van der Waals surface area contributed by atoms with E-state index in [9.17, 15) is 0 Å². The zero-order chi connectivity index (χ0) is 13.1. The minimum atomic E-state index is 0.176. The Morgan fingerprint density at radius 3 is 2.65 bits per heavy atom. The fourth-order valence-corrected chi connectivity index (χ4v) is 1.52. The highest BCUT2D eigenvalue weighted by Crippen LogP contribution is 2.25. The maximum absolute atomic E-state index is 7.04. The molecule has 0 spiro atoms. The standard InChI is InChI=1S/C12H21N5/c1-12(2,3)17(5)8-6-7-9-10(14-4)11(13)16-15-9/h6-8H2,1-3,5H3,(H3,13,15,16). The summed E-state index contributed by atoms with van der Waals surface area (Å²) >= 11 is 0. The molecular formula is C12H21N5. The number of nitrogens with one attached hydrogen (secondary N) is 1. The van der Waals surface area contributed by atoms with Gasteiger partial charge >= 0.3 is 0 Å². The first-order valence-corrected chi connectivity index (χ1v) is 5.77. The maximum atomic E-state index is 7.04. The van der Waals surface area contributed by atoms with Crippen LogP contribution >= 0.6 is 0 Å². The molecule has 1 rings (SSSR count). The third kappa shape index (κ3) is 3.46. The SMILES string of the molecule is [C-]#[N+]c1c(N)n[nH]c1CCCN(C)C(C)(C)C. The normalized spacial score (nSPS) is 11.8. The van der Waals surface area contributed by atoms with Gasteiger partial charge in [0.1, 0.15) is 0 Å². The largest absolute Gasteiger partial charge is 0.391 e. The van der Waals surface area contributed by atoms with Gasteiger partial charge in [-0.15, -0.1) is 0 Å². The molecule has 5 nitrogen and oxygen atoms in total. The third-order valence-electron chi connectivity index (χ3n) is 3.02. The molecule has 0 unspecified atom stereocenters. The Kier molecular flexibility index (Phi) is 4.13. The highest BCUT2D eigenvalue weighted by molar-refractivity contribution is 5.65. The molecule has 1 aromatic heterocycles. The lowest BCUT2D eigenvalue weighted by Crippen LogP contribution is -2.38. The van der Waals surface area contributed by atoms with E-state index in [1.54, 1.807) is 0 Å². The second kappa shape index (κ2) is 5.19. The number of H-pyrrole nitrogens is 1. The van der Waals surface area contributed by atoms with E-state index < -0.39 is 0 Å². The average Bonchev–Trinajstić information content (AvgIpc) is 2.57. The van der Waals surface area contributed by atoms with Crippen molar-refractivity contribution in [2.75, 3.05) is 19.3 Å². The first-order chi connectivity index (χ1) is 7.86. The lowest BCUT2D eigenvalue weighted by atomic mass is 10.1. The summed E-state index contributed by atoms with van der Waals surface area (Å²) in [5.74, 6) is 0.305. The topological polar surface area (TPSA) is 62.3 Å². The van der Waals surface area contributed by atoms with Crippen molar-refractivity contribution in [2.24, 2.45) is 0 Å². The molecule has 0 atom stereocenters. The Bertz CT molecular complexity index is 408. The molecule has 17 heavy (non-hydrogen) atoms. The minimum absolute atomic E-state index is 0.176. The zero-order valence-corrected chi connectivity index (χ0v) is 11.0. The Hall–Kier alpha value is -1.54. The van der Waals surface area contributed by atoms with E-state index in [-0.39, 0.29) is 5.54 Å². The van der Waals surface area contributed by atoms with Crippen LogP contribution in [0.5, 0.6) is 0 Å². The molecule has 0 fully saturated rings. The van der Waals surface area contributed by atoms with E-state index in [2.05, 4.69) is 47.8 Å². The summed E-state index contributed by atoms with van der Waals surface area (Å²) in [6.45, 7) is 14.6. The van der Waals surface area contributed by atoms with Gasteiger partial charge in [-0.25, -0.2) is 4.85 Å². The summed E-state index contributed by atoms with van der Waals surface area (Å²) in [5, 5.41) is 6.69. The molecule has 0 aliphatic rings. The predicted molar refractivity (Wildman–Crippen MR) is 70.0 cm³/mol. The van der Waals surface area contributed by atoms with Crippen molar-refractivity contribution >= 4 is 11.5 Å². The molecule has 0 radical (unpaired) electrons. The fraction of sp³-hybridized carbons (Fsp3) is 0.667. The molecular weight excluding hydrogens is 214 g/mol. The molecule has 0 saturated carbocycles. The van der Waals surface area contributed by atoms with Gasteiger partial charge in [-0.3, -0.25) is 5.10 Å². The van der Waals surface area contributed by atoms with Gasteiger partial charge in [-0.2, -0.15) is 5.10 Å². The first kappa shape index (κ1) is 13.5. The van der Waals surface area contributed by atoms with Gasteiger partial charge < -0.3 is 10.6 Å². The number of nitrogen functional groups attached to an aromatic ring is 1. The van der Waals surface area contributed by atoms with Gasteiger partial charge in [0.25, 0.3) is 0 Å². The molecule has 1 aromatic rings. The minimum Gasteiger partial charge on any atom is -0.391 e. The number of nitrogens with two attached hydrogens (primary N) is 1. The van der Waals surface area contributed by atoms with Crippen LogP contribution in [0.1, 0.15) is 32.9 Å². The number of aromatic amines is 1. The summed E-state index contributed by atoms with van der Waals surface area (Å²) in [6, 6.07) is 0. The number of nitrogens with zero attached hydrogens (tertiary/aromatic N) is 3. The maximum Gasteiger partial charge on any atom is 0.250 e. The van der Waals surface area contributed by atoms with E-state index >= 15 is 0 Å². The van der Waals surface area contributed by atoms with E-state index in [4.69, 9.17) is 12.3 Å².